The maximum Gasteiger partial charge on any atom is 0.221 e. The Bertz CT molecular complexity index is 1240. The molecule has 0 saturated carbocycles. The Kier molecular flexibility index (Phi) is 7.20. The second-order valence-corrected chi connectivity index (χ2v) is 8.18. The molecule has 1 aliphatic heterocycles. The van der Waals surface area contributed by atoms with E-state index in [1.807, 2.05) is 18.2 Å². The van der Waals surface area contributed by atoms with Gasteiger partial charge in [-0.3, -0.25) is 9.88 Å². The maximum absolute atomic E-state index is 9.17. The van der Waals surface area contributed by atoms with Crippen molar-refractivity contribution in [1.29, 1.82) is 10.8 Å². The summed E-state index contributed by atoms with van der Waals surface area (Å²) in [5.41, 5.74) is 18.1. The van der Waals surface area contributed by atoms with Crippen LogP contribution in [0.15, 0.2) is 59.8 Å². The number of pyridine rings is 1. The third-order valence-electron chi connectivity index (χ3n) is 5.88. The molecule has 172 valence electrons. The molecule has 1 aromatic carbocycles. The number of nitrogens with zero attached hydrogens (tertiary/aromatic N) is 6. The SMILES string of the molecule is CC(c1cccc(CN/C=C(\N=N)c2cc(-c3cccc(C#N)c3)nc(N)n2)n1)N1CCCC1. The van der Waals surface area contributed by atoms with Crippen LogP contribution in [0.3, 0.4) is 0 Å². The normalized spacial score (nSPS) is 15.0. The number of aromatic nitrogens is 3. The number of anilines is 1. The molecule has 0 radical (unpaired) electrons. The lowest BCUT2D eigenvalue weighted by molar-refractivity contribution is 0.258. The predicted octanol–water partition coefficient (Wildman–Crippen LogP) is 4.27. The number of likely N-dealkylation sites (tertiary alicyclic amines) is 1. The number of hydrogen-bond acceptors (Lipinski definition) is 9. The molecule has 1 unspecified atom stereocenters. The van der Waals surface area contributed by atoms with Crippen LogP contribution in [0.4, 0.5) is 5.95 Å². The molecule has 1 fully saturated rings. The van der Waals surface area contributed by atoms with Crippen molar-refractivity contribution in [1.82, 2.24) is 25.2 Å². The molecule has 0 amide bonds. The van der Waals surface area contributed by atoms with Crippen LogP contribution >= 0.6 is 0 Å². The molecule has 0 aliphatic carbocycles. The molecule has 1 aliphatic rings. The van der Waals surface area contributed by atoms with Crippen molar-refractivity contribution in [2.24, 2.45) is 5.11 Å². The van der Waals surface area contributed by atoms with E-state index in [0.29, 0.717) is 35.2 Å². The molecule has 4 N–H and O–H groups in total. The number of benzene rings is 1. The average Bonchev–Trinajstić information content (AvgIpc) is 3.41. The zero-order chi connectivity index (χ0) is 23.9. The molecule has 3 aromatic rings. The molecule has 9 heteroatoms. The average molecular weight is 454 g/mol. The minimum absolute atomic E-state index is 0.0645. The number of nitrogens with two attached hydrogens (primary N) is 1. The fourth-order valence-electron chi connectivity index (χ4n) is 4.05. The zero-order valence-corrected chi connectivity index (χ0v) is 19.1. The highest BCUT2D eigenvalue weighted by Crippen LogP contribution is 2.24. The molecule has 0 bridgehead atoms. The quantitative estimate of drug-likeness (QED) is 0.433. The summed E-state index contributed by atoms with van der Waals surface area (Å²) in [6, 6.07) is 17.3. The predicted molar refractivity (Wildman–Crippen MR) is 130 cm³/mol. The monoisotopic (exact) mass is 453 g/mol. The summed E-state index contributed by atoms with van der Waals surface area (Å²) in [7, 11) is 0. The Labute approximate surface area is 198 Å². The summed E-state index contributed by atoms with van der Waals surface area (Å²) < 4.78 is 0. The highest BCUT2D eigenvalue weighted by Gasteiger charge is 2.20. The number of rotatable bonds is 8. The van der Waals surface area contributed by atoms with Crippen molar-refractivity contribution in [3.05, 3.63) is 77.4 Å². The first-order valence-corrected chi connectivity index (χ1v) is 11.2. The van der Waals surface area contributed by atoms with Gasteiger partial charge in [0.2, 0.25) is 5.95 Å². The summed E-state index contributed by atoms with van der Waals surface area (Å²) in [6.45, 7) is 4.92. The van der Waals surface area contributed by atoms with Crippen molar-refractivity contribution in [3.8, 4) is 17.3 Å². The number of nitrogen functional groups attached to an aromatic ring is 1. The summed E-state index contributed by atoms with van der Waals surface area (Å²) in [6.07, 6.45) is 4.12. The Balaban J connectivity index is 1.50. The summed E-state index contributed by atoms with van der Waals surface area (Å²) in [5, 5.41) is 16.0. The third-order valence-corrected chi connectivity index (χ3v) is 5.88. The first kappa shape index (κ1) is 23.0. The highest BCUT2D eigenvalue weighted by atomic mass is 15.2. The van der Waals surface area contributed by atoms with Crippen LogP contribution in [0.25, 0.3) is 17.0 Å². The second-order valence-electron chi connectivity index (χ2n) is 8.18. The minimum atomic E-state index is 0.0645. The van der Waals surface area contributed by atoms with Crippen LogP contribution in [-0.4, -0.2) is 32.9 Å². The van der Waals surface area contributed by atoms with Crippen molar-refractivity contribution in [2.45, 2.75) is 32.4 Å². The van der Waals surface area contributed by atoms with Gasteiger partial charge in [-0.2, -0.15) is 10.4 Å². The Morgan fingerprint density at radius 3 is 2.76 bits per heavy atom. The van der Waals surface area contributed by atoms with E-state index in [1.165, 1.54) is 12.8 Å². The molecule has 0 spiro atoms. The molecule has 3 heterocycles. The van der Waals surface area contributed by atoms with Gasteiger partial charge in [-0.25, -0.2) is 15.5 Å². The van der Waals surface area contributed by atoms with Gasteiger partial charge in [0, 0.05) is 17.8 Å². The van der Waals surface area contributed by atoms with E-state index >= 15 is 0 Å². The van der Waals surface area contributed by atoms with Gasteiger partial charge < -0.3 is 11.1 Å². The van der Waals surface area contributed by atoms with Crippen molar-refractivity contribution >= 4 is 11.6 Å². The fraction of sp³-hybridized carbons (Fsp3) is 0.280. The third kappa shape index (κ3) is 5.42. The number of hydrogen-bond donors (Lipinski definition) is 3. The first-order valence-electron chi connectivity index (χ1n) is 11.2. The topological polar surface area (TPSA) is 140 Å². The second kappa shape index (κ2) is 10.6. The van der Waals surface area contributed by atoms with Gasteiger partial charge >= 0.3 is 0 Å². The standard InChI is InChI=1S/C25H27N9/c1-17(34-10-2-3-11-34)21-9-5-8-20(30-21)15-29-16-24(33-28)23-13-22(31-25(27)32-23)19-7-4-6-18(12-19)14-26/h4-9,12-13,16-17,28-29H,2-3,10-11,15H2,1H3,(H2,27,31,32)/b24-16-,33-28?. The molecular weight excluding hydrogens is 426 g/mol. The Hall–Kier alpha value is -4.16. The summed E-state index contributed by atoms with van der Waals surface area (Å²) >= 11 is 0. The van der Waals surface area contributed by atoms with Gasteiger partial charge in [-0.05, 0) is 63.2 Å². The molecule has 1 atom stereocenters. The number of nitriles is 1. The largest absolute Gasteiger partial charge is 0.383 e. The molecule has 2 aromatic heterocycles. The Morgan fingerprint density at radius 1 is 1.21 bits per heavy atom. The van der Waals surface area contributed by atoms with E-state index in [9.17, 15) is 0 Å². The first-order chi connectivity index (χ1) is 16.6. The summed E-state index contributed by atoms with van der Waals surface area (Å²) in [5.74, 6) is 0.0645. The van der Waals surface area contributed by atoms with E-state index in [4.69, 9.17) is 21.5 Å². The summed E-state index contributed by atoms with van der Waals surface area (Å²) in [4.78, 5) is 15.8. The van der Waals surface area contributed by atoms with Crippen molar-refractivity contribution < 1.29 is 0 Å². The Morgan fingerprint density at radius 2 is 2.00 bits per heavy atom. The van der Waals surface area contributed by atoms with Crippen LogP contribution in [0.1, 0.15) is 48.5 Å². The van der Waals surface area contributed by atoms with E-state index in [2.05, 4.69) is 44.4 Å². The van der Waals surface area contributed by atoms with Crippen LogP contribution in [0.5, 0.6) is 0 Å². The van der Waals surface area contributed by atoms with Gasteiger partial charge in [0.1, 0.15) is 5.70 Å². The zero-order valence-electron chi connectivity index (χ0n) is 19.1. The van der Waals surface area contributed by atoms with Gasteiger partial charge in [-0.15, -0.1) is 0 Å². The van der Waals surface area contributed by atoms with E-state index in [1.54, 1.807) is 30.5 Å². The molecule has 1 saturated heterocycles. The number of nitrogens with one attached hydrogen (secondary N) is 2. The molecule has 4 rings (SSSR count). The smallest absolute Gasteiger partial charge is 0.221 e. The van der Waals surface area contributed by atoms with Crippen LogP contribution in [-0.2, 0) is 6.54 Å². The lowest BCUT2D eigenvalue weighted by atomic mass is 10.1. The van der Waals surface area contributed by atoms with Gasteiger partial charge in [0.15, 0.2) is 0 Å². The van der Waals surface area contributed by atoms with Crippen LogP contribution in [0, 0.1) is 16.9 Å². The van der Waals surface area contributed by atoms with Gasteiger partial charge in [-0.1, -0.05) is 18.2 Å². The maximum atomic E-state index is 9.17. The molecule has 34 heavy (non-hydrogen) atoms. The van der Waals surface area contributed by atoms with Crippen molar-refractivity contribution in [3.63, 3.8) is 0 Å². The van der Waals surface area contributed by atoms with E-state index < -0.39 is 0 Å². The van der Waals surface area contributed by atoms with E-state index in [0.717, 1.165) is 30.0 Å². The van der Waals surface area contributed by atoms with Crippen LogP contribution in [0.2, 0.25) is 0 Å². The lowest BCUT2D eigenvalue weighted by Gasteiger charge is -2.23. The lowest BCUT2D eigenvalue weighted by Crippen LogP contribution is -2.24. The highest BCUT2D eigenvalue weighted by molar-refractivity contribution is 5.69. The van der Waals surface area contributed by atoms with Crippen LogP contribution < -0.4 is 11.1 Å². The van der Waals surface area contributed by atoms with E-state index in [-0.39, 0.29) is 5.95 Å². The van der Waals surface area contributed by atoms with Gasteiger partial charge in [0.05, 0.1) is 41.0 Å². The minimum Gasteiger partial charge on any atom is -0.383 e. The fourth-order valence-corrected chi connectivity index (χ4v) is 4.05. The van der Waals surface area contributed by atoms with Crippen molar-refractivity contribution in [2.75, 3.05) is 18.8 Å². The molecule has 9 nitrogen and oxygen atoms in total. The molecular formula is C25H27N9. The van der Waals surface area contributed by atoms with Gasteiger partial charge in [0.25, 0.3) is 0 Å².